The highest BCUT2D eigenvalue weighted by molar-refractivity contribution is 5.79. The molecule has 1 unspecified atom stereocenters. The molecule has 3 rings (SSSR count). The first-order chi connectivity index (χ1) is 9.69. The van der Waals surface area contributed by atoms with Crippen LogP contribution >= 0.6 is 0 Å². The summed E-state index contributed by atoms with van der Waals surface area (Å²) in [5, 5.41) is 17.4. The maximum absolute atomic E-state index is 11.1. The van der Waals surface area contributed by atoms with Gasteiger partial charge in [-0.3, -0.25) is 4.79 Å². The van der Waals surface area contributed by atoms with Gasteiger partial charge in [-0.25, -0.2) is 4.68 Å². The number of hydrogen-bond acceptors (Lipinski definition) is 4. The number of carboxylic acids is 1. The van der Waals surface area contributed by atoms with E-state index >= 15 is 0 Å². The number of rotatable bonds is 3. The van der Waals surface area contributed by atoms with Crippen molar-refractivity contribution in [1.29, 1.82) is 0 Å². The smallest absolute Gasteiger partial charge is 0.308 e. The van der Waals surface area contributed by atoms with Gasteiger partial charge in [0, 0.05) is 25.3 Å². The van der Waals surface area contributed by atoms with Crippen molar-refractivity contribution in [1.82, 2.24) is 15.0 Å². The maximum atomic E-state index is 11.1. The molecule has 0 amide bonds. The fourth-order valence-electron chi connectivity index (χ4n) is 2.80. The van der Waals surface area contributed by atoms with Gasteiger partial charge < -0.3 is 10.0 Å². The van der Waals surface area contributed by atoms with E-state index in [9.17, 15) is 4.79 Å². The molecule has 0 bridgehead atoms. The van der Waals surface area contributed by atoms with Gasteiger partial charge in [0.2, 0.25) is 0 Å². The van der Waals surface area contributed by atoms with E-state index in [2.05, 4.69) is 15.2 Å². The first kappa shape index (κ1) is 12.9. The van der Waals surface area contributed by atoms with Crippen LogP contribution in [0.2, 0.25) is 0 Å². The molecule has 1 aromatic heterocycles. The third-order valence-electron chi connectivity index (χ3n) is 3.93. The van der Waals surface area contributed by atoms with Crippen molar-refractivity contribution in [3.8, 4) is 0 Å². The zero-order valence-electron chi connectivity index (χ0n) is 11.5. The van der Waals surface area contributed by atoms with Gasteiger partial charge in [0.1, 0.15) is 5.52 Å². The van der Waals surface area contributed by atoms with Crippen molar-refractivity contribution >= 4 is 22.7 Å². The van der Waals surface area contributed by atoms with Crippen LogP contribution in [0.1, 0.15) is 19.8 Å². The summed E-state index contributed by atoms with van der Waals surface area (Å²) in [5.74, 6) is -0.974. The van der Waals surface area contributed by atoms with E-state index in [1.807, 2.05) is 29.8 Å². The van der Waals surface area contributed by atoms with Crippen LogP contribution in [0.5, 0.6) is 0 Å². The van der Waals surface area contributed by atoms with E-state index in [1.165, 1.54) is 0 Å². The van der Waals surface area contributed by atoms with E-state index in [4.69, 9.17) is 5.11 Å². The molecule has 1 N–H and O–H groups in total. The monoisotopic (exact) mass is 274 g/mol. The van der Waals surface area contributed by atoms with Crippen molar-refractivity contribution < 1.29 is 9.90 Å². The van der Waals surface area contributed by atoms with Gasteiger partial charge in [0.05, 0.1) is 11.4 Å². The van der Waals surface area contributed by atoms with Crippen LogP contribution in [-0.4, -0.2) is 39.2 Å². The number of benzene rings is 1. The standard InChI is InChI=1S/C14H18N4O2/c1-2-18-13-6-5-11(8-12(13)15-16-18)17-7-3-4-10(9-17)14(19)20/h5-6,8,10H,2-4,7,9H2,1H3,(H,19,20). The average Bonchev–Trinajstić information content (AvgIpc) is 2.89. The van der Waals surface area contributed by atoms with Gasteiger partial charge >= 0.3 is 5.97 Å². The Bertz CT molecular complexity index is 637. The third kappa shape index (κ3) is 2.21. The Hall–Kier alpha value is -2.11. The SMILES string of the molecule is CCn1nnc2cc(N3CCCC(C(=O)O)C3)ccc21. The Morgan fingerprint density at radius 1 is 1.50 bits per heavy atom. The lowest BCUT2D eigenvalue weighted by molar-refractivity contribution is -0.141. The van der Waals surface area contributed by atoms with Crippen LogP contribution in [0.15, 0.2) is 18.2 Å². The number of fused-ring (bicyclic) bond motifs is 1. The van der Waals surface area contributed by atoms with E-state index in [1.54, 1.807) is 0 Å². The van der Waals surface area contributed by atoms with E-state index in [-0.39, 0.29) is 5.92 Å². The molecule has 20 heavy (non-hydrogen) atoms. The van der Waals surface area contributed by atoms with Crippen LogP contribution in [0, 0.1) is 5.92 Å². The van der Waals surface area contributed by atoms with E-state index in [0.29, 0.717) is 6.54 Å². The predicted octanol–water partition coefficient (Wildman–Crippen LogP) is 1.75. The minimum absolute atomic E-state index is 0.272. The highest BCUT2D eigenvalue weighted by Crippen LogP contribution is 2.26. The maximum Gasteiger partial charge on any atom is 0.308 e. The number of aliphatic carboxylic acids is 1. The molecule has 1 aliphatic heterocycles. The minimum atomic E-state index is -0.701. The number of anilines is 1. The molecule has 6 heteroatoms. The largest absolute Gasteiger partial charge is 0.481 e. The molecule has 0 spiro atoms. The molecule has 1 saturated heterocycles. The molecule has 0 radical (unpaired) electrons. The molecule has 6 nitrogen and oxygen atoms in total. The fourth-order valence-corrected chi connectivity index (χ4v) is 2.80. The Morgan fingerprint density at radius 3 is 3.10 bits per heavy atom. The van der Waals surface area contributed by atoms with E-state index < -0.39 is 5.97 Å². The molecule has 1 fully saturated rings. The molecule has 2 heterocycles. The molecular weight excluding hydrogens is 256 g/mol. The lowest BCUT2D eigenvalue weighted by Gasteiger charge is -2.32. The first-order valence-electron chi connectivity index (χ1n) is 7.00. The first-order valence-corrected chi connectivity index (χ1v) is 7.00. The number of carbonyl (C=O) groups is 1. The number of aryl methyl sites for hydroxylation is 1. The van der Waals surface area contributed by atoms with Gasteiger partial charge in [0.25, 0.3) is 0 Å². The van der Waals surface area contributed by atoms with Crippen LogP contribution in [-0.2, 0) is 11.3 Å². The summed E-state index contributed by atoms with van der Waals surface area (Å²) in [4.78, 5) is 13.3. The average molecular weight is 274 g/mol. The summed E-state index contributed by atoms with van der Waals surface area (Å²) < 4.78 is 1.86. The van der Waals surface area contributed by atoms with Gasteiger partial charge in [-0.1, -0.05) is 5.21 Å². The topological polar surface area (TPSA) is 71.2 Å². The van der Waals surface area contributed by atoms with Gasteiger partial charge in [-0.2, -0.15) is 0 Å². The van der Waals surface area contributed by atoms with Crippen molar-refractivity contribution in [2.45, 2.75) is 26.3 Å². The summed E-state index contributed by atoms with van der Waals surface area (Å²) >= 11 is 0. The van der Waals surface area contributed by atoms with E-state index in [0.717, 1.165) is 42.7 Å². The summed E-state index contributed by atoms with van der Waals surface area (Å²) in [6.45, 7) is 4.30. The van der Waals surface area contributed by atoms with Crippen molar-refractivity contribution in [3.63, 3.8) is 0 Å². The summed E-state index contributed by atoms with van der Waals surface area (Å²) in [6, 6.07) is 6.04. The molecule has 106 valence electrons. The summed E-state index contributed by atoms with van der Waals surface area (Å²) in [5.41, 5.74) is 2.91. The fraction of sp³-hybridized carbons (Fsp3) is 0.500. The molecular formula is C14H18N4O2. The van der Waals surface area contributed by atoms with Crippen molar-refractivity contribution in [3.05, 3.63) is 18.2 Å². The lowest BCUT2D eigenvalue weighted by Crippen LogP contribution is -2.38. The molecule has 0 saturated carbocycles. The van der Waals surface area contributed by atoms with Gasteiger partial charge in [0.15, 0.2) is 0 Å². The highest BCUT2D eigenvalue weighted by Gasteiger charge is 2.25. The second kappa shape index (κ2) is 5.11. The van der Waals surface area contributed by atoms with Crippen molar-refractivity contribution in [2.75, 3.05) is 18.0 Å². The number of piperidine rings is 1. The zero-order chi connectivity index (χ0) is 14.1. The van der Waals surface area contributed by atoms with Crippen molar-refractivity contribution in [2.24, 2.45) is 5.92 Å². The second-order valence-electron chi connectivity index (χ2n) is 5.20. The van der Waals surface area contributed by atoms with Crippen LogP contribution in [0.4, 0.5) is 5.69 Å². The molecule has 1 atom stereocenters. The molecule has 1 aliphatic rings. The number of nitrogens with zero attached hydrogens (tertiary/aromatic N) is 4. The quantitative estimate of drug-likeness (QED) is 0.923. The van der Waals surface area contributed by atoms with Crippen LogP contribution in [0.25, 0.3) is 11.0 Å². The minimum Gasteiger partial charge on any atom is -0.481 e. The van der Waals surface area contributed by atoms with Gasteiger partial charge in [-0.15, -0.1) is 5.10 Å². The Labute approximate surface area is 117 Å². The molecule has 2 aromatic rings. The highest BCUT2D eigenvalue weighted by atomic mass is 16.4. The summed E-state index contributed by atoms with van der Waals surface area (Å²) in [6.07, 6.45) is 1.68. The molecule has 1 aromatic carbocycles. The molecule has 0 aliphatic carbocycles. The predicted molar refractivity (Wildman–Crippen MR) is 75.8 cm³/mol. The van der Waals surface area contributed by atoms with Crippen LogP contribution in [0.3, 0.4) is 0 Å². The van der Waals surface area contributed by atoms with Crippen LogP contribution < -0.4 is 4.90 Å². The number of aromatic nitrogens is 3. The second-order valence-corrected chi connectivity index (χ2v) is 5.20. The van der Waals surface area contributed by atoms with Gasteiger partial charge in [-0.05, 0) is 38.0 Å². The third-order valence-corrected chi connectivity index (χ3v) is 3.93. The lowest BCUT2D eigenvalue weighted by atomic mass is 9.98. The Balaban J connectivity index is 1.88. The Morgan fingerprint density at radius 2 is 2.35 bits per heavy atom. The number of hydrogen-bond donors (Lipinski definition) is 1. The number of carboxylic acid groups (broad SMARTS) is 1. The zero-order valence-corrected chi connectivity index (χ0v) is 11.5. The normalized spacial score (nSPS) is 19.4. The summed E-state index contributed by atoms with van der Waals surface area (Å²) in [7, 11) is 0. The Kier molecular flexibility index (Phi) is 3.30.